The van der Waals surface area contributed by atoms with Crippen LogP contribution >= 0.6 is 0 Å². The van der Waals surface area contributed by atoms with Gasteiger partial charge in [0.15, 0.2) is 11.5 Å². The number of phenolic OH excluding ortho intramolecular Hbond substituents is 1. The summed E-state index contributed by atoms with van der Waals surface area (Å²) in [5, 5.41) is 10.0. The lowest BCUT2D eigenvalue weighted by Crippen LogP contribution is -2.45. The van der Waals surface area contributed by atoms with Gasteiger partial charge in [0.1, 0.15) is 5.75 Å². The molecule has 1 N–H and O–H groups in total. The molecular formula is C34H51NO3. The Bertz CT molecular complexity index is 1080. The molecule has 2 unspecified atom stereocenters. The van der Waals surface area contributed by atoms with E-state index in [1.165, 1.54) is 42.4 Å². The van der Waals surface area contributed by atoms with Crippen LogP contribution in [0.2, 0.25) is 0 Å². The van der Waals surface area contributed by atoms with Crippen molar-refractivity contribution in [3.8, 4) is 17.2 Å². The van der Waals surface area contributed by atoms with E-state index in [4.69, 9.17) is 9.47 Å². The quantitative estimate of drug-likeness (QED) is 0.362. The van der Waals surface area contributed by atoms with Crippen LogP contribution < -0.4 is 9.47 Å². The first kappa shape index (κ1) is 28.8. The molecule has 4 nitrogen and oxygen atoms in total. The fourth-order valence-electron chi connectivity index (χ4n) is 8.49. The van der Waals surface area contributed by atoms with Crippen LogP contribution in [0.5, 0.6) is 17.2 Å². The van der Waals surface area contributed by atoms with Gasteiger partial charge in [-0.3, -0.25) is 4.90 Å². The van der Waals surface area contributed by atoms with Gasteiger partial charge in [0.25, 0.3) is 0 Å². The average molecular weight is 522 g/mol. The number of benzene rings is 2. The molecule has 4 heteroatoms. The van der Waals surface area contributed by atoms with Gasteiger partial charge in [0, 0.05) is 6.54 Å². The third kappa shape index (κ3) is 5.30. The van der Waals surface area contributed by atoms with Gasteiger partial charge in [-0.05, 0) is 128 Å². The molecule has 210 valence electrons. The summed E-state index contributed by atoms with van der Waals surface area (Å²) in [6.45, 7) is 13.3. The van der Waals surface area contributed by atoms with Crippen LogP contribution in [0.15, 0.2) is 36.4 Å². The lowest BCUT2D eigenvalue weighted by Gasteiger charge is -2.53. The third-order valence-corrected chi connectivity index (χ3v) is 10.5. The van der Waals surface area contributed by atoms with Crippen LogP contribution in [-0.4, -0.2) is 36.8 Å². The second kappa shape index (κ2) is 11.9. The number of hydrogen-bond acceptors (Lipinski definition) is 4. The molecule has 6 atom stereocenters. The number of nitrogens with zero attached hydrogens (tertiary/aromatic N) is 1. The number of aromatic hydroxyl groups is 1. The number of phenols is 1. The molecule has 0 bridgehead atoms. The molecule has 0 saturated heterocycles. The molecule has 0 amide bonds. The summed E-state index contributed by atoms with van der Waals surface area (Å²) in [6, 6.07) is 12.6. The molecule has 38 heavy (non-hydrogen) atoms. The van der Waals surface area contributed by atoms with Crippen LogP contribution in [0.1, 0.15) is 89.8 Å². The molecule has 2 aromatic carbocycles. The van der Waals surface area contributed by atoms with Crippen LogP contribution in [0.25, 0.3) is 0 Å². The van der Waals surface area contributed by atoms with Crippen molar-refractivity contribution in [2.45, 2.75) is 86.1 Å². The van der Waals surface area contributed by atoms with Crippen molar-refractivity contribution in [2.24, 2.45) is 29.1 Å². The first-order chi connectivity index (χ1) is 17.9. The Labute approximate surface area is 231 Å². The summed E-state index contributed by atoms with van der Waals surface area (Å²) in [7, 11) is 1.75. The van der Waals surface area contributed by atoms with Gasteiger partial charge >= 0.3 is 0 Å². The summed E-state index contributed by atoms with van der Waals surface area (Å²) in [6.07, 6.45) is 7.48. The van der Waals surface area contributed by atoms with E-state index < -0.39 is 0 Å². The Morgan fingerprint density at radius 3 is 2.55 bits per heavy atom. The van der Waals surface area contributed by atoms with Crippen molar-refractivity contribution in [3.63, 3.8) is 0 Å². The normalized spacial score (nSPS) is 29.7. The lowest BCUT2D eigenvalue weighted by molar-refractivity contribution is 0.000862. The largest absolute Gasteiger partial charge is 0.508 e. The van der Waals surface area contributed by atoms with E-state index >= 15 is 0 Å². The minimum Gasteiger partial charge on any atom is -0.508 e. The molecule has 2 aromatic rings. The molecule has 0 spiro atoms. The highest BCUT2D eigenvalue weighted by Gasteiger charge is 2.55. The Morgan fingerprint density at radius 2 is 1.82 bits per heavy atom. The van der Waals surface area contributed by atoms with E-state index in [-0.39, 0.29) is 7.43 Å². The van der Waals surface area contributed by atoms with Gasteiger partial charge in [-0.2, -0.15) is 0 Å². The van der Waals surface area contributed by atoms with Crippen molar-refractivity contribution in [3.05, 3.63) is 53.1 Å². The SMILES string of the molecule is C.CCN(CC)Cc1ccc(OCC[C@H]2CCC3C4[C@H](C)Cc5cc(O)ccc5[C@H]4CC[C@@]32C)c(OC)c1. The van der Waals surface area contributed by atoms with Crippen molar-refractivity contribution < 1.29 is 14.6 Å². The van der Waals surface area contributed by atoms with Crippen molar-refractivity contribution >= 4 is 0 Å². The molecular weight excluding hydrogens is 470 g/mol. The number of methoxy groups -OCH3 is 1. The molecule has 5 rings (SSSR count). The highest BCUT2D eigenvalue weighted by molar-refractivity contribution is 5.43. The molecule has 3 aliphatic carbocycles. The standard InChI is InChI=1S/C33H47NO3.CH4/c1-6-34(7-2)21-23-8-13-30(31(19-23)36-5)37-17-15-25-9-12-29-32-22(3)18-24-20-26(35)10-11-27(24)28(32)14-16-33(25,29)4;/h8,10-11,13,19-20,22,25,28-29,32,35H,6-7,9,12,14-18,21H2,1-5H3;1H4/t22-,25-,28-,29?,32?,33-;/m1./s1. The maximum Gasteiger partial charge on any atom is 0.161 e. The zero-order chi connectivity index (χ0) is 26.2. The third-order valence-electron chi connectivity index (χ3n) is 10.5. The fraction of sp³-hybridized carbons (Fsp3) is 0.647. The highest BCUT2D eigenvalue weighted by Crippen LogP contribution is 2.64. The van der Waals surface area contributed by atoms with E-state index in [0.717, 1.165) is 68.3 Å². The molecule has 2 saturated carbocycles. The zero-order valence-electron chi connectivity index (χ0n) is 23.6. The molecule has 0 aromatic heterocycles. The maximum absolute atomic E-state index is 10.0. The van der Waals surface area contributed by atoms with Gasteiger partial charge in [-0.25, -0.2) is 0 Å². The zero-order valence-corrected chi connectivity index (χ0v) is 23.6. The minimum atomic E-state index is 0. The van der Waals surface area contributed by atoms with E-state index in [0.29, 0.717) is 23.0 Å². The Morgan fingerprint density at radius 1 is 1.03 bits per heavy atom. The number of rotatable bonds is 9. The fourth-order valence-corrected chi connectivity index (χ4v) is 8.49. The van der Waals surface area contributed by atoms with E-state index in [1.54, 1.807) is 7.11 Å². The Kier molecular flexibility index (Phi) is 9.02. The van der Waals surface area contributed by atoms with Crippen molar-refractivity contribution in [2.75, 3.05) is 26.8 Å². The van der Waals surface area contributed by atoms with Crippen LogP contribution in [0, 0.1) is 29.1 Å². The Balaban J connectivity index is 0.00000336. The van der Waals surface area contributed by atoms with Gasteiger partial charge in [-0.1, -0.05) is 47.3 Å². The monoisotopic (exact) mass is 521 g/mol. The molecule has 0 radical (unpaired) electrons. The average Bonchev–Trinajstić information content (AvgIpc) is 3.23. The van der Waals surface area contributed by atoms with Gasteiger partial charge in [0.2, 0.25) is 0 Å². The summed E-state index contributed by atoms with van der Waals surface area (Å²) in [5.41, 5.74) is 4.59. The van der Waals surface area contributed by atoms with Crippen LogP contribution in [0.3, 0.4) is 0 Å². The maximum atomic E-state index is 10.0. The topological polar surface area (TPSA) is 41.9 Å². The smallest absolute Gasteiger partial charge is 0.161 e. The highest BCUT2D eigenvalue weighted by atomic mass is 16.5. The molecule has 0 heterocycles. The molecule has 3 aliphatic rings. The van der Waals surface area contributed by atoms with E-state index in [1.807, 2.05) is 12.1 Å². The summed E-state index contributed by atoms with van der Waals surface area (Å²) in [4.78, 5) is 2.41. The summed E-state index contributed by atoms with van der Waals surface area (Å²) < 4.78 is 12.1. The second-order valence-corrected chi connectivity index (χ2v) is 12.3. The number of fused-ring (bicyclic) bond motifs is 5. The number of ether oxygens (including phenoxy) is 2. The summed E-state index contributed by atoms with van der Waals surface area (Å²) >= 11 is 0. The van der Waals surface area contributed by atoms with Crippen molar-refractivity contribution in [1.82, 2.24) is 4.90 Å². The molecule has 2 fully saturated rings. The van der Waals surface area contributed by atoms with E-state index in [2.05, 4.69) is 56.9 Å². The van der Waals surface area contributed by atoms with Crippen molar-refractivity contribution in [1.29, 1.82) is 0 Å². The first-order valence-electron chi connectivity index (χ1n) is 14.7. The summed E-state index contributed by atoms with van der Waals surface area (Å²) in [5.74, 6) is 5.75. The van der Waals surface area contributed by atoms with E-state index in [9.17, 15) is 5.11 Å². The van der Waals surface area contributed by atoms with Gasteiger partial charge in [0.05, 0.1) is 13.7 Å². The lowest BCUT2D eigenvalue weighted by atomic mass is 9.51. The first-order valence-corrected chi connectivity index (χ1v) is 14.7. The second-order valence-electron chi connectivity index (χ2n) is 12.3. The van der Waals surface area contributed by atoms with Gasteiger partial charge in [-0.15, -0.1) is 0 Å². The molecule has 0 aliphatic heterocycles. The predicted molar refractivity (Wildman–Crippen MR) is 157 cm³/mol. The van der Waals surface area contributed by atoms with Gasteiger partial charge < -0.3 is 14.6 Å². The van der Waals surface area contributed by atoms with Crippen LogP contribution in [-0.2, 0) is 13.0 Å². The minimum absolute atomic E-state index is 0. The van der Waals surface area contributed by atoms with Crippen LogP contribution in [0.4, 0.5) is 0 Å². The Hall–Kier alpha value is -2.20. The number of hydrogen-bond donors (Lipinski definition) is 1. The predicted octanol–water partition coefficient (Wildman–Crippen LogP) is 8.07.